The number of hydrogen-bond donors (Lipinski definition) is 2. The number of amides is 1. The number of pyridine rings is 1. The van der Waals surface area contributed by atoms with Crippen molar-refractivity contribution in [1.29, 1.82) is 0 Å². The van der Waals surface area contributed by atoms with Crippen molar-refractivity contribution < 1.29 is 14.3 Å². The molecule has 0 saturated carbocycles. The average Bonchev–Trinajstić information content (AvgIpc) is 2.81. The summed E-state index contributed by atoms with van der Waals surface area (Å²) in [5, 5.41) is 9.55. The third-order valence-corrected chi connectivity index (χ3v) is 2.97. The van der Waals surface area contributed by atoms with E-state index in [1.165, 1.54) is 24.4 Å². The molecule has 0 saturated heterocycles. The van der Waals surface area contributed by atoms with Crippen molar-refractivity contribution in [2.45, 2.75) is 0 Å². The van der Waals surface area contributed by atoms with Crippen LogP contribution in [0.15, 0.2) is 42.7 Å². The minimum atomic E-state index is -0.723. The number of primary amides is 1. The number of aromatic nitrogens is 2. The van der Waals surface area contributed by atoms with Crippen LogP contribution in [0.25, 0.3) is 16.9 Å². The molecule has 0 aliphatic carbocycles. The van der Waals surface area contributed by atoms with E-state index in [1.807, 2.05) is 0 Å². The molecule has 0 atom stereocenters. The molecule has 100 valence electrons. The summed E-state index contributed by atoms with van der Waals surface area (Å²) in [4.78, 5) is 15.5. The first-order chi connectivity index (χ1) is 9.54. The van der Waals surface area contributed by atoms with Gasteiger partial charge in [-0.3, -0.25) is 4.79 Å². The molecule has 6 heteroatoms. The minimum Gasteiger partial charge on any atom is -0.507 e. The van der Waals surface area contributed by atoms with Gasteiger partial charge in [0.2, 0.25) is 0 Å². The fourth-order valence-corrected chi connectivity index (χ4v) is 2.00. The van der Waals surface area contributed by atoms with E-state index in [1.54, 1.807) is 22.7 Å². The lowest BCUT2D eigenvalue weighted by Gasteiger charge is -2.02. The zero-order chi connectivity index (χ0) is 14.3. The van der Waals surface area contributed by atoms with Crippen LogP contribution in [0.2, 0.25) is 0 Å². The molecule has 2 heterocycles. The Kier molecular flexibility index (Phi) is 2.64. The Hall–Kier alpha value is -2.89. The van der Waals surface area contributed by atoms with Crippen LogP contribution in [0.1, 0.15) is 10.4 Å². The van der Waals surface area contributed by atoms with Crippen molar-refractivity contribution in [3.8, 4) is 17.0 Å². The Morgan fingerprint density at radius 3 is 2.80 bits per heavy atom. The third kappa shape index (κ3) is 1.97. The highest BCUT2D eigenvalue weighted by molar-refractivity contribution is 5.96. The lowest BCUT2D eigenvalue weighted by molar-refractivity contribution is 0.0998. The topological polar surface area (TPSA) is 80.6 Å². The molecule has 2 aromatic heterocycles. The van der Waals surface area contributed by atoms with E-state index < -0.39 is 5.91 Å². The molecule has 1 aromatic carbocycles. The molecule has 0 bridgehead atoms. The summed E-state index contributed by atoms with van der Waals surface area (Å²) in [5.41, 5.74) is 6.95. The predicted octanol–water partition coefficient (Wildman–Crippen LogP) is 1.94. The van der Waals surface area contributed by atoms with Gasteiger partial charge in [-0.2, -0.15) is 0 Å². The number of imidazole rings is 1. The van der Waals surface area contributed by atoms with Crippen LogP contribution >= 0.6 is 0 Å². The highest BCUT2D eigenvalue weighted by Gasteiger charge is 2.11. The van der Waals surface area contributed by atoms with Gasteiger partial charge in [-0.15, -0.1) is 0 Å². The van der Waals surface area contributed by atoms with E-state index in [-0.39, 0.29) is 17.1 Å². The van der Waals surface area contributed by atoms with Gasteiger partial charge in [0.15, 0.2) is 0 Å². The van der Waals surface area contributed by atoms with E-state index in [2.05, 4.69) is 4.98 Å². The summed E-state index contributed by atoms with van der Waals surface area (Å²) in [6, 6.07) is 7.31. The maximum atomic E-state index is 13.1. The van der Waals surface area contributed by atoms with Crippen LogP contribution in [0.5, 0.6) is 5.75 Å². The Balaban J connectivity index is 2.15. The van der Waals surface area contributed by atoms with Gasteiger partial charge in [-0.25, -0.2) is 9.37 Å². The van der Waals surface area contributed by atoms with E-state index in [4.69, 9.17) is 5.73 Å². The van der Waals surface area contributed by atoms with Crippen LogP contribution in [-0.2, 0) is 0 Å². The quantitative estimate of drug-likeness (QED) is 0.747. The highest BCUT2D eigenvalue weighted by atomic mass is 19.1. The largest absolute Gasteiger partial charge is 0.507 e. The highest BCUT2D eigenvalue weighted by Crippen LogP contribution is 2.25. The summed E-state index contributed by atoms with van der Waals surface area (Å²) in [7, 11) is 0. The van der Waals surface area contributed by atoms with Crippen molar-refractivity contribution in [2.75, 3.05) is 0 Å². The Bertz CT molecular complexity index is 826. The predicted molar refractivity (Wildman–Crippen MR) is 70.8 cm³/mol. The van der Waals surface area contributed by atoms with Crippen molar-refractivity contribution in [3.05, 3.63) is 54.1 Å². The number of rotatable bonds is 2. The zero-order valence-electron chi connectivity index (χ0n) is 10.2. The molecule has 5 nitrogen and oxygen atoms in total. The normalized spacial score (nSPS) is 10.8. The fourth-order valence-electron chi connectivity index (χ4n) is 2.00. The molecule has 3 rings (SSSR count). The molecule has 0 unspecified atom stereocenters. The van der Waals surface area contributed by atoms with E-state index >= 15 is 0 Å². The molecule has 3 aromatic rings. The van der Waals surface area contributed by atoms with Crippen LogP contribution in [0, 0.1) is 5.82 Å². The molecule has 0 aliphatic heterocycles. The van der Waals surface area contributed by atoms with Crippen LogP contribution in [0.3, 0.4) is 0 Å². The number of carbonyl (C=O) groups is 1. The van der Waals surface area contributed by atoms with E-state index in [9.17, 15) is 14.3 Å². The minimum absolute atomic E-state index is 0.0192. The van der Waals surface area contributed by atoms with Gasteiger partial charge in [0.1, 0.15) is 17.2 Å². The number of carbonyl (C=O) groups excluding carboxylic acids is 1. The number of aromatic hydroxyl groups is 1. The number of phenols is 1. The summed E-state index contributed by atoms with van der Waals surface area (Å²) < 4.78 is 14.7. The summed E-state index contributed by atoms with van der Waals surface area (Å²) in [6.45, 7) is 0. The number of nitrogens with zero attached hydrogens (tertiary/aromatic N) is 2. The Morgan fingerprint density at radius 2 is 2.05 bits per heavy atom. The van der Waals surface area contributed by atoms with Gasteiger partial charge >= 0.3 is 0 Å². The van der Waals surface area contributed by atoms with Crippen LogP contribution < -0.4 is 5.73 Å². The third-order valence-electron chi connectivity index (χ3n) is 2.97. The second kappa shape index (κ2) is 4.34. The molecule has 3 N–H and O–H groups in total. The number of nitrogens with two attached hydrogens (primary N) is 1. The molecule has 0 spiro atoms. The Morgan fingerprint density at radius 1 is 1.25 bits per heavy atom. The first-order valence-corrected chi connectivity index (χ1v) is 5.82. The maximum Gasteiger partial charge on any atom is 0.252 e. The summed E-state index contributed by atoms with van der Waals surface area (Å²) >= 11 is 0. The SMILES string of the molecule is NC(=O)c1cc(-c2cn3cc(F)ccc3n2)ccc1O. The first-order valence-electron chi connectivity index (χ1n) is 5.82. The lowest BCUT2D eigenvalue weighted by atomic mass is 10.1. The molecular formula is C14H10FN3O2. The summed E-state index contributed by atoms with van der Waals surface area (Å²) in [6.07, 6.45) is 2.94. The fraction of sp³-hybridized carbons (Fsp3) is 0. The van der Waals surface area contributed by atoms with Crippen molar-refractivity contribution in [3.63, 3.8) is 0 Å². The van der Waals surface area contributed by atoms with Crippen LogP contribution in [-0.4, -0.2) is 20.4 Å². The Labute approximate surface area is 113 Å². The zero-order valence-corrected chi connectivity index (χ0v) is 10.2. The average molecular weight is 271 g/mol. The number of benzene rings is 1. The number of hydrogen-bond acceptors (Lipinski definition) is 3. The molecular weight excluding hydrogens is 261 g/mol. The summed E-state index contributed by atoms with van der Waals surface area (Å²) in [5.74, 6) is -1.28. The van der Waals surface area contributed by atoms with E-state index in [0.29, 0.717) is 16.9 Å². The van der Waals surface area contributed by atoms with Crippen LogP contribution in [0.4, 0.5) is 4.39 Å². The van der Waals surface area contributed by atoms with Gasteiger partial charge in [0, 0.05) is 18.0 Å². The van der Waals surface area contributed by atoms with Gasteiger partial charge < -0.3 is 15.2 Å². The second-order valence-corrected chi connectivity index (χ2v) is 4.34. The molecule has 1 amide bonds. The molecule has 0 aliphatic rings. The number of fused-ring (bicyclic) bond motifs is 1. The maximum absolute atomic E-state index is 13.1. The van der Waals surface area contributed by atoms with Crippen molar-refractivity contribution in [2.24, 2.45) is 5.73 Å². The second-order valence-electron chi connectivity index (χ2n) is 4.34. The van der Waals surface area contributed by atoms with Gasteiger partial charge in [0.05, 0.1) is 11.3 Å². The standard InChI is InChI=1S/C14H10FN3O2/c15-9-2-4-13-17-11(7-18(13)6-9)8-1-3-12(19)10(5-8)14(16)20/h1-7,19H,(H2,16,20). The molecule has 0 fully saturated rings. The number of halogens is 1. The van der Waals surface area contributed by atoms with Crippen molar-refractivity contribution in [1.82, 2.24) is 9.38 Å². The van der Waals surface area contributed by atoms with Gasteiger partial charge in [-0.05, 0) is 30.3 Å². The van der Waals surface area contributed by atoms with E-state index in [0.717, 1.165) is 0 Å². The first kappa shape index (κ1) is 12.2. The monoisotopic (exact) mass is 271 g/mol. The smallest absolute Gasteiger partial charge is 0.252 e. The lowest BCUT2D eigenvalue weighted by Crippen LogP contribution is -2.11. The van der Waals surface area contributed by atoms with Crippen molar-refractivity contribution >= 4 is 11.6 Å². The molecule has 20 heavy (non-hydrogen) atoms. The van der Waals surface area contributed by atoms with Gasteiger partial charge in [-0.1, -0.05) is 0 Å². The molecule has 0 radical (unpaired) electrons. The van der Waals surface area contributed by atoms with Gasteiger partial charge in [0.25, 0.3) is 5.91 Å².